The summed E-state index contributed by atoms with van der Waals surface area (Å²) < 4.78 is 0. The Morgan fingerprint density at radius 3 is 2.87 bits per heavy atom. The minimum absolute atomic E-state index is 0.165. The maximum absolute atomic E-state index is 10.7. The first kappa shape index (κ1) is 9.93. The number of fused-ring (bicyclic) bond motifs is 1. The number of aromatic nitrogens is 1. The summed E-state index contributed by atoms with van der Waals surface area (Å²) in [5.74, 6) is -0.379. The molecule has 0 saturated heterocycles. The molecule has 15 heavy (non-hydrogen) atoms. The van der Waals surface area contributed by atoms with E-state index in [1.54, 1.807) is 12.1 Å². The van der Waals surface area contributed by atoms with Crippen LogP contribution in [0.15, 0.2) is 30.3 Å². The van der Waals surface area contributed by atoms with Crippen molar-refractivity contribution in [1.82, 2.24) is 4.98 Å². The minimum Gasteiger partial charge on any atom is -0.369 e. The second-order valence-electron chi connectivity index (χ2n) is 3.28. The van der Waals surface area contributed by atoms with Gasteiger partial charge in [0.25, 0.3) is 0 Å². The number of rotatable bonds is 2. The molecule has 76 valence electrons. The average Bonchev–Trinajstić information content (AvgIpc) is 2.17. The number of hydrogen-bond acceptors (Lipinski definition) is 2. The molecular formula is C11H9ClN2O. The van der Waals surface area contributed by atoms with Gasteiger partial charge in [-0.25, -0.2) is 0 Å². The first-order valence-corrected chi connectivity index (χ1v) is 4.86. The smallest absolute Gasteiger partial charge is 0.223 e. The van der Waals surface area contributed by atoms with Crippen LogP contribution in [0.1, 0.15) is 5.69 Å². The van der Waals surface area contributed by atoms with Crippen LogP contribution in [0.4, 0.5) is 0 Å². The van der Waals surface area contributed by atoms with Gasteiger partial charge in [0, 0.05) is 10.4 Å². The van der Waals surface area contributed by atoms with Crippen molar-refractivity contribution in [2.45, 2.75) is 6.42 Å². The Hall–Kier alpha value is -1.61. The van der Waals surface area contributed by atoms with E-state index in [0.717, 1.165) is 10.9 Å². The van der Waals surface area contributed by atoms with E-state index in [4.69, 9.17) is 17.3 Å². The lowest BCUT2D eigenvalue weighted by Crippen LogP contribution is -2.14. The molecule has 0 radical (unpaired) electrons. The highest BCUT2D eigenvalue weighted by atomic mass is 35.5. The molecule has 1 heterocycles. The van der Waals surface area contributed by atoms with Crippen LogP contribution in [-0.2, 0) is 11.2 Å². The van der Waals surface area contributed by atoms with Crippen molar-refractivity contribution in [2.24, 2.45) is 5.73 Å². The van der Waals surface area contributed by atoms with Crippen molar-refractivity contribution in [2.75, 3.05) is 0 Å². The summed E-state index contributed by atoms with van der Waals surface area (Å²) in [5.41, 5.74) is 6.59. The van der Waals surface area contributed by atoms with Gasteiger partial charge in [0.15, 0.2) is 0 Å². The quantitative estimate of drug-likeness (QED) is 0.841. The van der Waals surface area contributed by atoms with Crippen molar-refractivity contribution >= 4 is 28.4 Å². The first-order chi connectivity index (χ1) is 7.15. The fourth-order valence-corrected chi connectivity index (χ4v) is 1.60. The van der Waals surface area contributed by atoms with Crippen LogP contribution in [0.5, 0.6) is 0 Å². The van der Waals surface area contributed by atoms with E-state index in [0.29, 0.717) is 10.7 Å². The number of nitrogens with two attached hydrogens (primary N) is 1. The number of carbonyl (C=O) groups is 1. The highest BCUT2D eigenvalue weighted by Gasteiger charge is 2.02. The summed E-state index contributed by atoms with van der Waals surface area (Å²) in [7, 11) is 0. The van der Waals surface area contributed by atoms with Gasteiger partial charge in [0.1, 0.15) is 0 Å². The minimum atomic E-state index is -0.379. The number of amides is 1. The van der Waals surface area contributed by atoms with E-state index in [1.807, 2.05) is 18.2 Å². The number of nitrogens with zero attached hydrogens (tertiary/aromatic N) is 1. The molecule has 2 rings (SSSR count). The van der Waals surface area contributed by atoms with Gasteiger partial charge in [0.05, 0.1) is 17.6 Å². The number of carbonyl (C=O) groups excluding carboxylic acids is 1. The largest absolute Gasteiger partial charge is 0.369 e. The summed E-state index contributed by atoms with van der Waals surface area (Å²) in [4.78, 5) is 15.0. The molecule has 4 heteroatoms. The van der Waals surface area contributed by atoms with Gasteiger partial charge in [-0.3, -0.25) is 9.78 Å². The summed E-state index contributed by atoms with van der Waals surface area (Å²) in [6, 6.07) is 9.08. The van der Waals surface area contributed by atoms with E-state index in [1.165, 1.54) is 0 Å². The van der Waals surface area contributed by atoms with Crippen LogP contribution in [0.3, 0.4) is 0 Å². The van der Waals surface area contributed by atoms with Crippen molar-refractivity contribution in [3.05, 3.63) is 41.0 Å². The molecule has 1 aromatic heterocycles. The third-order valence-corrected chi connectivity index (χ3v) is 2.30. The summed E-state index contributed by atoms with van der Waals surface area (Å²) in [6.07, 6.45) is 0.165. The van der Waals surface area contributed by atoms with Crippen molar-refractivity contribution in [1.29, 1.82) is 0 Å². The molecule has 0 atom stereocenters. The molecule has 1 aromatic carbocycles. The Labute approximate surface area is 91.9 Å². The van der Waals surface area contributed by atoms with E-state index >= 15 is 0 Å². The third kappa shape index (κ3) is 2.25. The van der Waals surface area contributed by atoms with Gasteiger partial charge in [0.2, 0.25) is 5.91 Å². The van der Waals surface area contributed by atoms with Crippen LogP contribution < -0.4 is 5.73 Å². The van der Waals surface area contributed by atoms with E-state index in [-0.39, 0.29) is 12.3 Å². The van der Waals surface area contributed by atoms with Gasteiger partial charge in [-0.05, 0) is 24.3 Å². The maximum Gasteiger partial charge on any atom is 0.223 e. The Morgan fingerprint density at radius 1 is 1.33 bits per heavy atom. The molecule has 0 aliphatic heterocycles. The molecule has 1 amide bonds. The standard InChI is InChI=1S/C11H9ClN2O/c12-8-2-4-10-7(5-8)1-3-9(14-10)6-11(13)15/h1-5H,6H2,(H2,13,15). The van der Waals surface area contributed by atoms with Crippen molar-refractivity contribution in [3.8, 4) is 0 Å². The van der Waals surface area contributed by atoms with Crippen LogP contribution in [-0.4, -0.2) is 10.9 Å². The van der Waals surface area contributed by atoms with Gasteiger partial charge in [-0.2, -0.15) is 0 Å². The zero-order valence-electron chi connectivity index (χ0n) is 7.90. The van der Waals surface area contributed by atoms with E-state index < -0.39 is 0 Å². The number of hydrogen-bond donors (Lipinski definition) is 1. The molecule has 0 spiro atoms. The van der Waals surface area contributed by atoms with Crippen LogP contribution >= 0.6 is 11.6 Å². The molecule has 2 aromatic rings. The Bertz CT molecular complexity index is 525. The average molecular weight is 221 g/mol. The predicted molar refractivity (Wildman–Crippen MR) is 59.7 cm³/mol. The zero-order chi connectivity index (χ0) is 10.8. The summed E-state index contributed by atoms with van der Waals surface area (Å²) >= 11 is 5.84. The number of halogens is 1. The zero-order valence-corrected chi connectivity index (χ0v) is 8.66. The van der Waals surface area contributed by atoms with Crippen LogP contribution in [0.2, 0.25) is 5.02 Å². The molecule has 0 aliphatic carbocycles. The second kappa shape index (κ2) is 3.87. The normalized spacial score (nSPS) is 10.5. The van der Waals surface area contributed by atoms with Gasteiger partial charge in [-0.1, -0.05) is 17.7 Å². The Morgan fingerprint density at radius 2 is 2.13 bits per heavy atom. The number of primary amides is 1. The Kier molecular flexibility index (Phi) is 2.56. The highest BCUT2D eigenvalue weighted by Crippen LogP contribution is 2.18. The van der Waals surface area contributed by atoms with Gasteiger partial charge in [-0.15, -0.1) is 0 Å². The molecule has 0 saturated carbocycles. The van der Waals surface area contributed by atoms with E-state index in [9.17, 15) is 4.79 Å². The lowest BCUT2D eigenvalue weighted by Gasteiger charge is -2.01. The SMILES string of the molecule is NC(=O)Cc1ccc2cc(Cl)ccc2n1. The van der Waals surface area contributed by atoms with E-state index in [2.05, 4.69) is 4.98 Å². The molecule has 2 N–H and O–H groups in total. The number of benzene rings is 1. The molecule has 0 bridgehead atoms. The van der Waals surface area contributed by atoms with Gasteiger partial charge < -0.3 is 5.73 Å². The molecule has 3 nitrogen and oxygen atoms in total. The monoisotopic (exact) mass is 220 g/mol. The van der Waals surface area contributed by atoms with Crippen molar-refractivity contribution < 1.29 is 4.79 Å². The lowest BCUT2D eigenvalue weighted by atomic mass is 10.2. The molecular weight excluding hydrogens is 212 g/mol. The first-order valence-electron chi connectivity index (χ1n) is 4.48. The summed E-state index contributed by atoms with van der Waals surface area (Å²) in [5, 5.41) is 1.63. The topological polar surface area (TPSA) is 56.0 Å². The fraction of sp³-hybridized carbons (Fsp3) is 0.0909. The second-order valence-corrected chi connectivity index (χ2v) is 3.72. The molecule has 0 fully saturated rings. The van der Waals surface area contributed by atoms with Crippen LogP contribution in [0.25, 0.3) is 10.9 Å². The maximum atomic E-state index is 10.7. The fourth-order valence-electron chi connectivity index (χ4n) is 1.42. The van der Waals surface area contributed by atoms with Crippen molar-refractivity contribution in [3.63, 3.8) is 0 Å². The third-order valence-electron chi connectivity index (χ3n) is 2.06. The molecule has 0 unspecified atom stereocenters. The molecule has 0 aliphatic rings. The predicted octanol–water partition coefficient (Wildman–Crippen LogP) is 1.92. The highest BCUT2D eigenvalue weighted by molar-refractivity contribution is 6.31. The number of pyridine rings is 1. The van der Waals surface area contributed by atoms with Gasteiger partial charge >= 0.3 is 0 Å². The van der Waals surface area contributed by atoms with Crippen LogP contribution in [0, 0.1) is 0 Å². The lowest BCUT2D eigenvalue weighted by molar-refractivity contribution is -0.117. The summed E-state index contributed by atoms with van der Waals surface area (Å²) in [6.45, 7) is 0. The Balaban J connectivity index is 2.47.